The van der Waals surface area contributed by atoms with Crippen LogP contribution in [0, 0.1) is 5.41 Å². The van der Waals surface area contributed by atoms with E-state index < -0.39 is 16.6 Å². The van der Waals surface area contributed by atoms with Gasteiger partial charge < -0.3 is 14.6 Å². The molecule has 236 valence electrons. The fourth-order valence-corrected chi connectivity index (χ4v) is 8.27. The van der Waals surface area contributed by atoms with Gasteiger partial charge in [0, 0.05) is 54.6 Å². The van der Waals surface area contributed by atoms with Gasteiger partial charge in [0.1, 0.15) is 5.75 Å². The largest absolute Gasteiger partial charge is 0.497 e. The third-order valence-corrected chi connectivity index (χ3v) is 11.1. The van der Waals surface area contributed by atoms with Gasteiger partial charge in [0.15, 0.2) is 11.2 Å². The summed E-state index contributed by atoms with van der Waals surface area (Å²) >= 11 is -1.63. The van der Waals surface area contributed by atoms with Crippen molar-refractivity contribution >= 4 is 33.9 Å². The Morgan fingerprint density at radius 1 is 1.09 bits per heavy atom. The lowest BCUT2D eigenvalue weighted by Crippen LogP contribution is -2.40. The molecule has 2 heterocycles. The van der Waals surface area contributed by atoms with Gasteiger partial charge in [-0.15, -0.1) is 0 Å². The maximum absolute atomic E-state index is 14.2. The van der Waals surface area contributed by atoms with Gasteiger partial charge in [0.05, 0.1) is 18.2 Å². The van der Waals surface area contributed by atoms with Crippen LogP contribution in [-0.2, 0) is 22.5 Å². The first-order valence-electron chi connectivity index (χ1n) is 16.3. The minimum Gasteiger partial charge on any atom is -0.497 e. The van der Waals surface area contributed by atoms with E-state index in [-0.39, 0.29) is 23.8 Å². The third kappa shape index (κ3) is 5.36. The molecule has 3 unspecified atom stereocenters. The summed E-state index contributed by atoms with van der Waals surface area (Å²) < 4.78 is 24.6. The predicted octanol–water partition coefficient (Wildman–Crippen LogP) is 6.42. The average molecular weight is 619 g/mol. The summed E-state index contributed by atoms with van der Waals surface area (Å²) in [5.74, 6) is 1.01. The Hall–Kier alpha value is -3.17. The van der Waals surface area contributed by atoms with Crippen molar-refractivity contribution in [2.24, 2.45) is 5.41 Å². The molecule has 3 aliphatic rings. The maximum atomic E-state index is 14.2. The van der Waals surface area contributed by atoms with Crippen molar-refractivity contribution in [2.45, 2.75) is 96.1 Å². The van der Waals surface area contributed by atoms with Crippen molar-refractivity contribution in [1.82, 2.24) is 18.9 Å². The van der Waals surface area contributed by atoms with Crippen molar-refractivity contribution < 1.29 is 18.5 Å². The first-order chi connectivity index (χ1) is 21.2. The second kappa shape index (κ2) is 12.3. The first kappa shape index (κ1) is 30.8. The summed E-state index contributed by atoms with van der Waals surface area (Å²) in [6.45, 7) is 5.03. The van der Waals surface area contributed by atoms with Crippen LogP contribution in [0.2, 0.25) is 0 Å². The zero-order chi connectivity index (χ0) is 31.2. The highest BCUT2D eigenvalue weighted by Crippen LogP contribution is 2.65. The lowest BCUT2D eigenvalue weighted by atomic mass is 9.85. The Labute approximate surface area is 263 Å². The fraction of sp³-hybridized carbons (Fsp3) is 0.543. The van der Waals surface area contributed by atoms with Crippen LogP contribution in [-0.4, -0.2) is 52.1 Å². The van der Waals surface area contributed by atoms with E-state index in [9.17, 15) is 13.8 Å². The summed E-state index contributed by atoms with van der Waals surface area (Å²) in [7, 11) is 5.02. The van der Waals surface area contributed by atoms with Gasteiger partial charge in [-0.1, -0.05) is 45.6 Å². The van der Waals surface area contributed by atoms with Crippen LogP contribution in [0.15, 0.2) is 36.4 Å². The molecule has 2 saturated carbocycles. The lowest BCUT2D eigenvalue weighted by Gasteiger charge is -2.22. The van der Waals surface area contributed by atoms with E-state index in [0.29, 0.717) is 18.0 Å². The minimum absolute atomic E-state index is 0.0987. The molecule has 3 atom stereocenters. The summed E-state index contributed by atoms with van der Waals surface area (Å²) in [6.07, 6.45) is 9.46. The number of hydrogen-bond acceptors (Lipinski definition) is 4. The highest BCUT2D eigenvalue weighted by molar-refractivity contribution is 7.81. The lowest BCUT2D eigenvalue weighted by molar-refractivity contribution is -0.127. The number of benzene rings is 2. The Morgan fingerprint density at radius 3 is 2.48 bits per heavy atom. The van der Waals surface area contributed by atoms with Crippen molar-refractivity contribution in [2.75, 3.05) is 21.2 Å². The number of nitrogens with zero attached hydrogens (tertiary/aromatic N) is 2. The summed E-state index contributed by atoms with van der Waals surface area (Å²) in [5.41, 5.74) is 5.67. The quantitative estimate of drug-likeness (QED) is 0.260. The molecule has 0 radical (unpaired) electrons. The highest BCUT2D eigenvalue weighted by Gasteiger charge is 2.63. The monoisotopic (exact) mass is 618 g/mol. The van der Waals surface area contributed by atoms with Crippen LogP contribution in [0.4, 0.5) is 0 Å². The number of rotatable bonds is 11. The zero-order valence-electron chi connectivity index (χ0n) is 26.7. The number of carbonyl (C=O) groups is 2. The minimum atomic E-state index is -1.63. The van der Waals surface area contributed by atoms with E-state index in [0.717, 1.165) is 80.0 Å². The number of hydrogen-bond donors (Lipinski definition) is 2. The van der Waals surface area contributed by atoms with Gasteiger partial charge in [-0.2, -0.15) is 0 Å². The number of aromatic nitrogens is 1. The van der Waals surface area contributed by atoms with Gasteiger partial charge in [-0.05, 0) is 79.5 Å². The Balaban J connectivity index is 1.57. The molecule has 2 aromatic carbocycles. The van der Waals surface area contributed by atoms with Crippen LogP contribution in [0.5, 0.6) is 5.75 Å². The summed E-state index contributed by atoms with van der Waals surface area (Å²) in [6, 6.07) is 12.4. The molecule has 1 aromatic heterocycles. The molecule has 2 N–H and O–H groups in total. The number of fused-ring (bicyclic) bond motifs is 7. The van der Waals surface area contributed by atoms with Crippen LogP contribution >= 0.6 is 0 Å². The Kier molecular flexibility index (Phi) is 8.63. The zero-order valence-corrected chi connectivity index (χ0v) is 27.5. The molecule has 8 nitrogen and oxygen atoms in total. The van der Waals surface area contributed by atoms with Crippen LogP contribution < -0.4 is 14.8 Å². The first-order valence-corrected chi connectivity index (χ1v) is 17.4. The molecule has 2 fully saturated rings. The van der Waals surface area contributed by atoms with Gasteiger partial charge >= 0.3 is 0 Å². The normalized spacial score (nSPS) is 21.5. The van der Waals surface area contributed by atoms with Crippen LogP contribution in [0.25, 0.3) is 22.2 Å². The maximum Gasteiger partial charge on any atom is 0.264 e. The molecule has 2 amide bonds. The number of methoxy groups -OCH3 is 1. The van der Waals surface area contributed by atoms with Crippen molar-refractivity contribution in [3.8, 4) is 17.0 Å². The molecular formula is C35H46N4O4S. The Morgan fingerprint density at radius 2 is 1.82 bits per heavy atom. The fourth-order valence-electron chi connectivity index (χ4n) is 7.81. The molecule has 2 aliphatic carbocycles. The van der Waals surface area contributed by atoms with E-state index in [2.05, 4.69) is 46.7 Å². The van der Waals surface area contributed by atoms with Crippen molar-refractivity contribution in [3.05, 3.63) is 53.1 Å². The summed E-state index contributed by atoms with van der Waals surface area (Å²) in [4.78, 5) is 27.5. The molecule has 0 spiro atoms. The van der Waals surface area contributed by atoms with Crippen LogP contribution in [0.3, 0.4) is 0 Å². The van der Waals surface area contributed by atoms with Crippen LogP contribution in [0.1, 0.15) is 105 Å². The van der Waals surface area contributed by atoms with Gasteiger partial charge in [-0.3, -0.25) is 14.3 Å². The molecule has 6 rings (SSSR count). The molecule has 0 saturated heterocycles. The Bertz CT molecular complexity index is 1600. The molecule has 9 heteroatoms. The van der Waals surface area contributed by atoms with Crippen molar-refractivity contribution in [1.29, 1.82) is 0 Å². The van der Waals surface area contributed by atoms with Gasteiger partial charge in [0.25, 0.3) is 5.91 Å². The van der Waals surface area contributed by atoms with E-state index in [1.807, 2.05) is 18.2 Å². The van der Waals surface area contributed by atoms with Gasteiger partial charge in [-0.25, -0.2) is 8.51 Å². The number of nitrogens with one attached hydrogen (secondary N) is 2. The van der Waals surface area contributed by atoms with E-state index in [1.165, 1.54) is 21.1 Å². The smallest absolute Gasteiger partial charge is 0.264 e. The summed E-state index contributed by atoms with van der Waals surface area (Å²) in [5, 5.41) is 4.57. The van der Waals surface area contributed by atoms with E-state index in [1.54, 1.807) is 21.2 Å². The SMILES string of the molecule is CCCC(CCC)c1c2n(c3cc(C(=O)NS(=O)N(C)C)ccc13)CC1(C(=O)NC3CCCC3)CC1c1cc(OC)ccc1-2. The number of carbonyl (C=O) groups excluding carboxylic acids is 2. The van der Waals surface area contributed by atoms with Crippen molar-refractivity contribution in [3.63, 3.8) is 0 Å². The number of ether oxygens (including phenoxy) is 1. The highest BCUT2D eigenvalue weighted by atomic mass is 32.2. The average Bonchev–Trinajstić information content (AvgIpc) is 3.39. The number of amides is 2. The second-order valence-corrected chi connectivity index (χ2v) is 14.6. The third-order valence-electron chi connectivity index (χ3n) is 10.1. The standard InChI is InChI=1S/C35H46N4O4S/c1-6-10-22(11-7-2)31-27-16-14-23(33(40)37-44(42)38(3)4)18-30(27)39-21-35(34(41)36-24-12-8-9-13-24)20-29(35)28-19-25(43-5)15-17-26(28)32(31)39/h14-19,22,24,29H,6-13,20-21H2,1-5H3,(H,36,41)(H,37,40). The molecule has 1 aliphatic heterocycles. The molecule has 44 heavy (non-hydrogen) atoms. The molecule has 3 aromatic rings. The topological polar surface area (TPSA) is 92.7 Å². The predicted molar refractivity (Wildman–Crippen MR) is 176 cm³/mol. The van der Waals surface area contributed by atoms with E-state index >= 15 is 0 Å². The molecular weight excluding hydrogens is 572 g/mol. The van der Waals surface area contributed by atoms with Gasteiger partial charge in [0.2, 0.25) is 5.91 Å². The van der Waals surface area contributed by atoms with E-state index in [4.69, 9.17) is 4.74 Å². The molecule has 0 bridgehead atoms. The second-order valence-electron chi connectivity index (χ2n) is 13.2.